The van der Waals surface area contributed by atoms with Gasteiger partial charge >= 0.3 is 18.0 Å². The topological polar surface area (TPSA) is 213 Å². The maximum absolute atomic E-state index is 14.8. The van der Waals surface area contributed by atoms with Crippen molar-refractivity contribution < 1.29 is 41.8 Å². The molecule has 370 valence electrons. The summed E-state index contributed by atoms with van der Waals surface area (Å²) in [5.41, 5.74) is 2.50. The van der Waals surface area contributed by atoms with E-state index < -0.39 is 52.7 Å². The molecule has 0 radical (unpaired) electrons. The van der Waals surface area contributed by atoms with Crippen molar-refractivity contribution in [2.45, 2.75) is 33.0 Å². The Bertz CT molecular complexity index is 2920. The van der Waals surface area contributed by atoms with E-state index in [1.807, 2.05) is 51.8 Å². The van der Waals surface area contributed by atoms with Crippen molar-refractivity contribution in [2.24, 2.45) is 0 Å². The number of amides is 5. The van der Waals surface area contributed by atoms with Crippen molar-refractivity contribution >= 4 is 58.8 Å². The standard InChI is InChI=1S/C26H29F2N7O2.C23H22F2N6O3/c1-15(2)31-24(36)17-10-8-16(9-11-17)21-18-14-30-26(37)35(22-19(27)6-5-7-20(22)28)23(18)33-25(32-21)29-12-13-34(3)4;1-30(2)11-10-26-22-28-18(13-6-8-14(9-7-13)21(32)33)15-12-27-23(34)31(20(15)29-22)19-16(24)4-3-5-17(19)25/h5-11,15H,12-14H2,1-4H3,(H,30,37)(H,31,36)(H,29,32,33);3-9H,10-12H2,1-2H3,(H,27,34)(H,32,33)(H,26,28,29). The fraction of sp³-hybridized carbons (Fsp3) is 0.265. The Kier molecular flexibility index (Phi) is 15.7. The maximum atomic E-state index is 14.8. The molecule has 8 rings (SSSR count). The van der Waals surface area contributed by atoms with Crippen LogP contribution in [0.3, 0.4) is 0 Å². The first kappa shape index (κ1) is 50.6. The Morgan fingerprint density at radius 2 is 1.00 bits per heavy atom. The van der Waals surface area contributed by atoms with Crippen LogP contribution >= 0.6 is 0 Å². The van der Waals surface area contributed by atoms with Gasteiger partial charge in [0.1, 0.15) is 34.6 Å². The number of nitrogens with zero attached hydrogens (tertiary/aromatic N) is 8. The van der Waals surface area contributed by atoms with E-state index in [2.05, 4.69) is 46.5 Å². The van der Waals surface area contributed by atoms with Gasteiger partial charge in [-0.3, -0.25) is 4.79 Å². The summed E-state index contributed by atoms with van der Waals surface area (Å²) in [4.78, 5) is 73.1. The van der Waals surface area contributed by atoms with Crippen molar-refractivity contribution in [3.05, 3.63) is 130 Å². The van der Waals surface area contributed by atoms with Crippen LogP contribution < -0.4 is 36.4 Å². The first-order valence-electron chi connectivity index (χ1n) is 22.3. The molecule has 0 unspecified atom stereocenters. The Hall–Kier alpha value is -8.24. The molecule has 6 aromatic rings. The predicted molar refractivity (Wildman–Crippen MR) is 260 cm³/mol. The van der Waals surface area contributed by atoms with Gasteiger partial charge in [0, 0.05) is 60.0 Å². The third-order valence-electron chi connectivity index (χ3n) is 10.9. The van der Waals surface area contributed by atoms with Crippen LogP contribution in [0.2, 0.25) is 0 Å². The maximum Gasteiger partial charge on any atom is 0.335 e. The number of likely N-dealkylation sites (N-methyl/N-ethyl adjacent to an activating group) is 2. The highest BCUT2D eigenvalue weighted by atomic mass is 19.1. The number of carboxylic acid groups (broad SMARTS) is 1. The average Bonchev–Trinajstić information content (AvgIpc) is 3.32. The summed E-state index contributed by atoms with van der Waals surface area (Å²) >= 11 is 0. The van der Waals surface area contributed by atoms with Crippen LogP contribution in [-0.4, -0.2) is 119 Å². The van der Waals surface area contributed by atoms with Crippen LogP contribution in [0.25, 0.3) is 22.5 Å². The number of nitrogens with one attached hydrogen (secondary N) is 5. The summed E-state index contributed by atoms with van der Waals surface area (Å²) in [7, 11) is 7.64. The minimum atomic E-state index is -1.07. The summed E-state index contributed by atoms with van der Waals surface area (Å²) in [5.74, 6) is -4.44. The Labute approximate surface area is 406 Å². The average molecular weight is 978 g/mol. The predicted octanol–water partition coefficient (Wildman–Crippen LogP) is 7.35. The first-order valence-corrected chi connectivity index (χ1v) is 22.3. The van der Waals surface area contributed by atoms with Gasteiger partial charge in [0.15, 0.2) is 11.6 Å². The van der Waals surface area contributed by atoms with E-state index >= 15 is 0 Å². The summed E-state index contributed by atoms with van der Waals surface area (Å²) in [6.07, 6.45) is 0. The van der Waals surface area contributed by atoms with Crippen LogP contribution in [-0.2, 0) is 13.1 Å². The molecule has 2 aliphatic rings. The van der Waals surface area contributed by atoms with Crippen LogP contribution in [0.4, 0.5) is 62.1 Å². The highest BCUT2D eigenvalue weighted by Gasteiger charge is 2.36. The van der Waals surface area contributed by atoms with E-state index in [1.54, 1.807) is 36.4 Å². The minimum absolute atomic E-state index is 0.00905. The molecule has 6 N–H and O–H groups in total. The zero-order valence-corrected chi connectivity index (χ0v) is 39.6. The van der Waals surface area contributed by atoms with Gasteiger partial charge in [0.05, 0.1) is 30.0 Å². The van der Waals surface area contributed by atoms with Crippen molar-refractivity contribution in [3.8, 4) is 22.5 Å². The number of halogens is 4. The van der Waals surface area contributed by atoms with Crippen molar-refractivity contribution in [1.29, 1.82) is 0 Å². The Morgan fingerprint density at radius 1 is 0.620 bits per heavy atom. The fourth-order valence-electron chi connectivity index (χ4n) is 7.45. The molecule has 5 amide bonds. The third-order valence-corrected chi connectivity index (χ3v) is 10.9. The van der Waals surface area contributed by atoms with Gasteiger partial charge < -0.3 is 41.5 Å². The normalized spacial score (nSPS) is 13.0. The highest BCUT2D eigenvalue weighted by Crippen LogP contribution is 2.40. The number of aromatic nitrogens is 4. The minimum Gasteiger partial charge on any atom is -0.478 e. The van der Waals surface area contributed by atoms with E-state index in [4.69, 9.17) is 0 Å². The molecule has 0 bridgehead atoms. The number of fused-ring (bicyclic) bond motifs is 2. The third kappa shape index (κ3) is 11.6. The number of hydrogen-bond donors (Lipinski definition) is 6. The number of benzene rings is 4. The van der Waals surface area contributed by atoms with Crippen molar-refractivity contribution in [3.63, 3.8) is 0 Å². The quantitative estimate of drug-likeness (QED) is 0.0557. The molecule has 2 aromatic heterocycles. The van der Waals surface area contributed by atoms with E-state index in [-0.39, 0.29) is 54.1 Å². The number of para-hydroxylation sites is 2. The lowest BCUT2D eigenvalue weighted by Gasteiger charge is -2.30. The van der Waals surface area contributed by atoms with Crippen LogP contribution in [0.15, 0.2) is 84.9 Å². The lowest BCUT2D eigenvalue weighted by atomic mass is 10.0. The molecule has 0 spiro atoms. The van der Waals surface area contributed by atoms with E-state index in [9.17, 15) is 41.8 Å². The lowest BCUT2D eigenvalue weighted by molar-refractivity contribution is 0.0696. The van der Waals surface area contributed by atoms with Gasteiger partial charge in [-0.1, -0.05) is 36.4 Å². The van der Waals surface area contributed by atoms with Gasteiger partial charge in [-0.05, 0) is 90.6 Å². The number of aromatic carboxylic acids is 1. The van der Waals surface area contributed by atoms with Gasteiger partial charge in [-0.15, -0.1) is 0 Å². The number of carbonyl (C=O) groups excluding carboxylic acids is 3. The molecule has 0 fully saturated rings. The number of carboxylic acids is 1. The zero-order valence-electron chi connectivity index (χ0n) is 39.6. The summed E-state index contributed by atoms with van der Waals surface area (Å²) in [6, 6.07) is 18.1. The number of anilines is 6. The van der Waals surface area contributed by atoms with Crippen LogP contribution in [0.5, 0.6) is 0 Å². The molecule has 71 heavy (non-hydrogen) atoms. The number of urea groups is 2. The molecule has 0 saturated carbocycles. The molecule has 4 aromatic carbocycles. The monoisotopic (exact) mass is 977 g/mol. The molecule has 2 aliphatic heterocycles. The highest BCUT2D eigenvalue weighted by molar-refractivity contribution is 6.03. The lowest BCUT2D eigenvalue weighted by Crippen LogP contribution is -2.43. The van der Waals surface area contributed by atoms with Gasteiger partial charge in [-0.25, -0.2) is 51.7 Å². The second kappa shape index (κ2) is 22.0. The molecule has 0 aliphatic carbocycles. The number of carbonyl (C=O) groups is 4. The van der Waals surface area contributed by atoms with Gasteiger partial charge in [0.25, 0.3) is 5.91 Å². The summed E-state index contributed by atoms with van der Waals surface area (Å²) < 4.78 is 58.8. The molecule has 4 heterocycles. The molecular formula is C49H51F4N13O5. The van der Waals surface area contributed by atoms with E-state index in [0.717, 1.165) is 34.1 Å². The largest absolute Gasteiger partial charge is 0.478 e. The molecular weight excluding hydrogens is 927 g/mol. The number of hydrogen-bond acceptors (Lipinski definition) is 12. The SMILES string of the molecule is CC(C)NC(=O)c1ccc(-c2nc(NCCN(C)C)nc3c2CNC(=O)N3c2c(F)cccc2F)cc1.CN(C)CCNc1nc(-c2ccc(C(=O)O)cc2)c2c(n1)N(c1c(F)cccc1F)C(=O)NC2. The molecule has 0 atom stereocenters. The van der Waals surface area contributed by atoms with Crippen LogP contribution in [0, 0.1) is 23.3 Å². The first-order chi connectivity index (χ1) is 33.9. The zero-order chi connectivity index (χ0) is 51.1. The Morgan fingerprint density at radius 3 is 1.35 bits per heavy atom. The van der Waals surface area contributed by atoms with E-state index in [0.29, 0.717) is 65.4 Å². The summed E-state index contributed by atoms with van der Waals surface area (Å²) in [6.45, 7) is 6.16. The van der Waals surface area contributed by atoms with Gasteiger partial charge in [0.2, 0.25) is 11.9 Å². The summed E-state index contributed by atoms with van der Waals surface area (Å²) in [5, 5.41) is 23.5. The second-order valence-electron chi connectivity index (χ2n) is 17.1. The number of rotatable bonds is 15. The van der Waals surface area contributed by atoms with Crippen molar-refractivity contribution in [1.82, 2.24) is 45.7 Å². The molecule has 0 saturated heterocycles. The van der Waals surface area contributed by atoms with E-state index in [1.165, 1.54) is 24.3 Å². The van der Waals surface area contributed by atoms with Gasteiger partial charge in [-0.2, -0.15) is 9.97 Å². The fourth-order valence-corrected chi connectivity index (χ4v) is 7.45. The van der Waals surface area contributed by atoms with Crippen LogP contribution in [0.1, 0.15) is 45.7 Å². The molecule has 22 heteroatoms. The Balaban J connectivity index is 0.000000209. The van der Waals surface area contributed by atoms with Crippen molar-refractivity contribution in [2.75, 3.05) is 74.8 Å². The second-order valence-corrected chi connectivity index (χ2v) is 17.1. The smallest absolute Gasteiger partial charge is 0.335 e. The molecule has 18 nitrogen and oxygen atoms in total.